The van der Waals surface area contributed by atoms with Crippen LogP contribution in [0.3, 0.4) is 0 Å². The topological polar surface area (TPSA) is 84.8 Å². The molecule has 0 unspecified atom stereocenters. The Hall–Kier alpha value is -2.74. The molecule has 1 amide bonds. The van der Waals surface area contributed by atoms with Crippen LogP contribution in [-0.2, 0) is 14.6 Å². The van der Waals surface area contributed by atoms with Crippen molar-refractivity contribution in [1.82, 2.24) is 5.43 Å². The van der Waals surface area contributed by atoms with Gasteiger partial charge in [0, 0.05) is 6.26 Å². The number of nitrogens with zero attached hydrogens (tertiary/aromatic N) is 1. The number of carbonyl (C=O) groups excluding carboxylic acids is 1. The molecule has 0 bridgehead atoms. The summed E-state index contributed by atoms with van der Waals surface area (Å²) < 4.78 is 40.8. The predicted molar refractivity (Wildman–Crippen MR) is 91.8 cm³/mol. The van der Waals surface area contributed by atoms with Crippen LogP contribution in [0.4, 0.5) is 4.39 Å². The van der Waals surface area contributed by atoms with Gasteiger partial charge in [0.1, 0.15) is 11.6 Å². The Bertz CT molecular complexity index is 876. The SMILES string of the molecule is C/C(=N/NC(=O)COc1ccc(F)cc1)c1ccc(S(C)(=O)=O)cc1. The fraction of sp³-hybridized carbons (Fsp3) is 0.176. The monoisotopic (exact) mass is 364 g/mol. The van der Waals surface area contributed by atoms with Crippen LogP contribution in [0.1, 0.15) is 12.5 Å². The van der Waals surface area contributed by atoms with Crippen LogP contribution in [0.2, 0.25) is 0 Å². The van der Waals surface area contributed by atoms with Crippen LogP contribution >= 0.6 is 0 Å². The van der Waals surface area contributed by atoms with Crippen molar-refractivity contribution in [3.8, 4) is 5.75 Å². The van der Waals surface area contributed by atoms with E-state index < -0.39 is 15.7 Å². The molecular formula is C17H17FN2O4S. The number of benzene rings is 2. The number of ether oxygens (including phenoxy) is 1. The molecule has 132 valence electrons. The van der Waals surface area contributed by atoms with Gasteiger partial charge >= 0.3 is 0 Å². The smallest absolute Gasteiger partial charge is 0.277 e. The van der Waals surface area contributed by atoms with Crippen LogP contribution in [0.25, 0.3) is 0 Å². The molecule has 25 heavy (non-hydrogen) atoms. The summed E-state index contributed by atoms with van der Waals surface area (Å²) in [5.74, 6) is -0.496. The first-order valence-corrected chi connectivity index (χ1v) is 9.17. The van der Waals surface area contributed by atoms with Gasteiger partial charge in [-0.2, -0.15) is 5.10 Å². The molecule has 1 N–H and O–H groups in total. The maximum Gasteiger partial charge on any atom is 0.277 e. The predicted octanol–water partition coefficient (Wildman–Crippen LogP) is 2.15. The highest BCUT2D eigenvalue weighted by Gasteiger charge is 2.07. The second-order valence-corrected chi connectivity index (χ2v) is 7.29. The summed E-state index contributed by atoms with van der Waals surface area (Å²) in [5.41, 5.74) is 3.52. The summed E-state index contributed by atoms with van der Waals surface area (Å²) in [6, 6.07) is 11.5. The normalized spacial score (nSPS) is 11.9. The minimum atomic E-state index is -3.26. The Morgan fingerprint density at radius 1 is 1.12 bits per heavy atom. The Labute approximate surface area is 145 Å². The van der Waals surface area contributed by atoms with Gasteiger partial charge < -0.3 is 4.74 Å². The number of rotatable bonds is 6. The number of sulfone groups is 1. The lowest BCUT2D eigenvalue weighted by molar-refractivity contribution is -0.123. The number of amides is 1. The van der Waals surface area contributed by atoms with E-state index in [-0.39, 0.29) is 17.3 Å². The first-order chi connectivity index (χ1) is 11.8. The molecule has 2 rings (SSSR count). The van der Waals surface area contributed by atoms with Crippen molar-refractivity contribution in [3.63, 3.8) is 0 Å². The van der Waals surface area contributed by atoms with Gasteiger partial charge in [0.15, 0.2) is 16.4 Å². The third-order valence-corrected chi connectivity index (χ3v) is 4.36. The molecule has 0 atom stereocenters. The van der Waals surface area contributed by atoms with E-state index >= 15 is 0 Å². The summed E-state index contributed by atoms with van der Waals surface area (Å²) in [5, 5.41) is 3.94. The first-order valence-electron chi connectivity index (χ1n) is 7.28. The van der Waals surface area contributed by atoms with Gasteiger partial charge in [-0.3, -0.25) is 4.79 Å². The second kappa shape index (κ2) is 7.89. The van der Waals surface area contributed by atoms with Gasteiger partial charge in [-0.25, -0.2) is 18.2 Å². The average Bonchev–Trinajstić information content (AvgIpc) is 2.58. The van der Waals surface area contributed by atoms with E-state index in [4.69, 9.17) is 4.74 Å². The van der Waals surface area contributed by atoms with E-state index in [9.17, 15) is 17.6 Å². The standard InChI is InChI=1S/C17H17FN2O4S/c1-12(13-3-9-16(10-4-13)25(2,22)23)19-20-17(21)11-24-15-7-5-14(18)6-8-15/h3-10H,11H2,1-2H3,(H,20,21)/b19-12-. The molecule has 2 aromatic carbocycles. The fourth-order valence-corrected chi connectivity index (χ4v) is 2.50. The average molecular weight is 364 g/mol. The molecule has 0 saturated carbocycles. The Morgan fingerprint density at radius 2 is 1.72 bits per heavy atom. The van der Waals surface area contributed by atoms with E-state index in [1.807, 2.05) is 0 Å². The van der Waals surface area contributed by atoms with Crippen molar-refractivity contribution >= 4 is 21.5 Å². The Kier molecular flexibility index (Phi) is 5.87. The molecule has 0 aliphatic rings. The van der Waals surface area contributed by atoms with E-state index in [1.165, 1.54) is 36.4 Å². The second-order valence-electron chi connectivity index (χ2n) is 5.27. The lowest BCUT2D eigenvalue weighted by Gasteiger charge is -2.06. The molecule has 6 nitrogen and oxygen atoms in total. The highest BCUT2D eigenvalue weighted by Crippen LogP contribution is 2.12. The minimum Gasteiger partial charge on any atom is -0.484 e. The minimum absolute atomic E-state index is 0.209. The number of halogens is 1. The first kappa shape index (κ1) is 18.6. The van der Waals surface area contributed by atoms with Gasteiger partial charge in [-0.05, 0) is 48.9 Å². The summed E-state index contributed by atoms with van der Waals surface area (Å²) in [6.07, 6.45) is 1.13. The van der Waals surface area contributed by atoms with Crippen molar-refractivity contribution in [1.29, 1.82) is 0 Å². The molecule has 0 radical (unpaired) electrons. The lowest BCUT2D eigenvalue weighted by Crippen LogP contribution is -2.25. The third kappa shape index (κ3) is 5.68. The fourth-order valence-electron chi connectivity index (χ4n) is 1.87. The third-order valence-electron chi connectivity index (χ3n) is 3.23. The molecule has 0 aliphatic heterocycles. The number of nitrogens with one attached hydrogen (secondary N) is 1. The molecule has 0 fully saturated rings. The van der Waals surface area contributed by atoms with Gasteiger partial charge in [-0.15, -0.1) is 0 Å². The Balaban J connectivity index is 1.91. The molecule has 0 spiro atoms. The van der Waals surface area contributed by atoms with E-state index in [0.717, 1.165) is 6.26 Å². The van der Waals surface area contributed by atoms with Crippen LogP contribution in [0, 0.1) is 5.82 Å². The van der Waals surface area contributed by atoms with Crippen molar-refractivity contribution in [2.75, 3.05) is 12.9 Å². The molecule has 0 aliphatic carbocycles. The van der Waals surface area contributed by atoms with E-state index in [2.05, 4.69) is 10.5 Å². The number of hydrazone groups is 1. The highest BCUT2D eigenvalue weighted by molar-refractivity contribution is 7.90. The number of hydrogen-bond acceptors (Lipinski definition) is 5. The van der Waals surface area contributed by atoms with Gasteiger partial charge in [-0.1, -0.05) is 12.1 Å². The maximum absolute atomic E-state index is 12.8. The van der Waals surface area contributed by atoms with E-state index in [1.54, 1.807) is 19.1 Å². The molecule has 0 aromatic heterocycles. The van der Waals surface area contributed by atoms with Crippen molar-refractivity contribution in [2.24, 2.45) is 5.10 Å². The molecule has 2 aromatic rings. The van der Waals surface area contributed by atoms with Gasteiger partial charge in [0.05, 0.1) is 10.6 Å². The zero-order chi connectivity index (χ0) is 18.4. The zero-order valence-electron chi connectivity index (χ0n) is 13.7. The largest absolute Gasteiger partial charge is 0.484 e. The molecule has 8 heteroatoms. The van der Waals surface area contributed by atoms with Crippen LogP contribution < -0.4 is 10.2 Å². The van der Waals surface area contributed by atoms with Gasteiger partial charge in [0.2, 0.25) is 0 Å². The quantitative estimate of drug-likeness (QED) is 0.629. The van der Waals surface area contributed by atoms with Crippen LogP contribution in [-0.4, -0.2) is 32.9 Å². The van der Waals surface area contributed by atoms with Gasteiger partial charge in [0.25, 0.3) is 5.91 Å². The molecule has 0 heterocycles. The van der Waals surface area contributed by atoms with Crippen molar-refractivity contribution in [3.05, 3.63) is 59.9 Å². The van der Waals surface area contributed by atoms with Crippen LogP contribution in [0.5, 0.6) is 5.75 Å². The highest BCUT2D eigenvalue weighted by atomic mass is 32.2. The lowest BCUT2D eigenvalue weighted by atomic mass is 10.1. The number of hydrogen-bond donors (Lipinski definition) is 1. The molecular weight excluding hydrogens is 347 g/mol. The summed E-state index contributed by atoms with van der Waals surface area (Å²) in [6.45, 7) is 1.41. The Morgan fingerprint density at radius 3 is 2.28 bits per heavy atom. The zero-order valence-corrected chi connectivity index (χ0v) is 14.5. The maximum atomic E-state index is 12.8. The van der Waals surface area contributed by atoms with Crippen LogP contribution in [0.15, 0.2) is 58.5 Å². The van der Waals surface area contributed by atoms with E-state index in [0.29, 0.717) is 17.0 Å². The van der Waals surface area contributed by atoms with Crippen molar-refractivity contribution < 1.29 is 22.3 Å². The number of carbonyl (C=O) groups is 1. The molecule has 0 saturated heterocycles. The summed E-state index contributed by atoms with van der Waals surface area (Å²) >= 11 is 0. The van der Waals surface area contributed by atoms with Crippen molar-refractivity contribution in [2.45, 2.75) is 11.8 Å². The summed E-state index contributed by atoms with van der Waals surface area (Å²) in [4.78, 5) is 11.9. The summed E-state index contributed by atoms with van der Waals surface area (Å²) in [7, 11) is -3.26.